The zero-order chi connectivity index (χ0) is 21.6. The topological polar surface area (TPSA) is 233 Å². The molecule has 14 nitrogen and oxygen atoms in total. The normalized spacial score (nSPS) is 43.0. The molecule has 0 spiro atoms. The number of nitrogens with two attached hydrogens (primary N) is 1. The second-order valence-electron chi connectivity index (χ2n) is 6.77. The molecule has 0 unspecified atom stereocenters. The molecule has 2 heterocycles. The van der Waals surface area contributed by atoms with Crippen LogP contribution in [-0.2, 0) is 18.9 Å². The first-order valence-corrected chi connectivity index (χ1v) is 9.14. The highest BCUT2D eigenvalue weighted by molar-refractivity contribution is 4.95. The van der Waals surface area contributed by atoms with Crippen molar-refractivity contribution in [2.75, 3.05) is 26.4 Å². The maximum atomic E-state index is 10.5. The van der Waals surface area contributed by atoms with Crippen LogP contribution in [0.4, 0.5) is 0 Å². The van der Waals surface area contributed by atoms with Crippen molar-refractivity contribution < 1.29 is 49.6 Å². The minimum Gasteiger partial charge on any atom is -0.394 e. The third kappa shape index (κ3) is 5.73. The van der Waals surface area contributed by atoms with E-state index >= 15 is 0 Å². The van der Waals surface area contributed by atoms with E-state index in [0.717, 1.165) is 0 Å². The van der Waals surface area contributed by atoms with Crippen LogP contribution in [-0.4, -0.2) is 118 Å². The van der Waals surface area contributed by atoms with Crippen molar-refractivity contribution in [2.24, 2.45) is 10.8 Å². The Kier molecular flexibility index (Phi) is 9.42. The summed E-state index contributed by atoms with van der Waals surface area (Å²) in [5.41, 5.74) is 14.1. The quantitative estimate of drug-likeness (QED) is 0.0823. The third-order valence-corrected chi connectivity index (χ3v) is 4.79. The van der Waals surface area contributed by atoms with Crippen LogP contribution in [0.2, 0.25) is 0 Å². The van der Waals surface area contributed by atoms with Gasteiger partial charge in [-0.15, -0.1) is 0 Å². The molecule has 0 amide bonds. The van der Waals surface area contributed by atoms with Gasteiger partial charge < -0.3 is 55.3 Å². The van der Waals surface area contributed by atoms with Gasteiger partial charge in [0.25, 0.3) is 0 Å². The van der Waals surface area contributed by atoms with Gasteiger partial charge >= 0.3 is 0 Å². The van der Waals surface area contributed by atoms with Crippen LogP contribution in [0, 0.1) is 0 Å². The Labute approximate surface area is 166 Å². The lowest BCUT2D eigenvalue weighted by Crippen LogP contribution is -2.66. The van der Waals surface area contributed by atoms with E-state index in [9.17, 15) is 30.6 Å². The zero-order valence-corrected chi connectivity index (χ0v) is 15.5. The Balaban J connectivity index is 2.06. The van der Waals surface area contributed by atoms with E-state index in [1.54, 1.807) is 0 Å². The molecule has 2 aliphatic rings. The van der Waals surface area contributed by atoms with Crippen molar-refractivity contribution >= 4 is 0 Å². The summed E-state index contributed by atoms with van der Waals surface area (Å²) in [5, 5.41) is 62.8. The summed E-state index contributed by atoms with van der Waals surface area (Å²) in [4.78, 5) is 2.60. The van der Waals surface area contributed by atoms with Gasteiger partial charge in [-0.1, -0.05) is 5.11 Å². The van der Waals surface area contributed by atoms with Crippen molar-refractivity contribution in [3.63, 3.8) is 0 Å². The fourth-order valence-electron chi connectivity index (χ4n) is 3.11. The van der Waals surface area contributed by atoms with E-state index in [1.807, 2.05) is 0 Å². The lowest BCUT2D eigenvalue weighted by Gasteiger charge is -2.46. The summed E-state index contributed by atoms with van der Waals surface area (Å²) in [6.07, 6.45) is -12.0. The summed E-state index contributed by atoms with van der Waals surface area (Å²) < 4.78 is 21.6. The molecule has 2 fully saturated rings. The van der Waals surface area contributed by atoms with Gasteiger partial charge in [0.05, 0.1) is 19.3 Å². The van der Waals surface area contributed by atoms with E-state index in [4.69, 9.17) is 30.2 Å². The standard InChI is InChI=1S/C15H28N4O10/c16-8-11(24)9(22)6(4-20)27-14(8)29-13-10(23)7(5-21)28-15(12(13)25)26-3-1-2-18-19-17/h6-15,20-25H,1-5,16H2/t6-,7-,8-,9+,10+,11-,12-,13+,14+,15+/m1/s1. The maximum Gasteiger partial charge on any atom is 0.186 e. The fourth-order valence-corrected chi connectivity index (χ4v) is 3.11. The molecule has 2 rings (SSSR count). The fraction of sp³-hybridized carbons (Fsp3) is 1.00. The number of rotatable bonds is 9. The van der Waals surface area contributed by atoms with Gasteiger partial charge in [-0.2, -0.15) is 0 Å². The lowest BCUT2D eigenvalue weighted by molar-refractivity contribution is -0.346. The van der Waals surface area contributed by atoms with E-state index in [-0.39, 0.29) is 13.2 Å². The van der Waals surface area contributed by atoms with Gasteiger partial charge in [-0.3, -0.25) is 0 Å². The predicted molar refractivity (Wildman–Crippen MR) is 93.0 cm³/mol. The van der Waals surface area contributed by atoms with Crippen molar-refractivity contribution in [2.45, 2.75) is 67.8 Å². The monoisotopic (exact) mass is 424 g/mol. The van der Waals surface area contributed by atoms with Gasteiger partial charge in [0, 0.05) is 18.1 Å². The molecule has 2 aliphatic heterocycles. The minimum atomic E-state index is -1.53. The molecular weight excluding hydrogens is 396 g/mol. The molecule has 14 heteroatoms. The van der Waals surface area contributed by atoms with Gasteiger partial charge in [0.15, 0.2) is 12.6 Å². The van der Waals surface area contributed by atoms with Crippen molar-refractivity contribution in [3.8, 4) is 0 Å². The number of azide groups is 1. The maximum absolute atomic E-state index is 10.5. The average Bonchev–Trinajstić information content (AvgIpc) is 2.72. The Bertz CT molecular complexity index is 551. The van der Waals surface area contributed by atoms with Crippen molar-refractivity contribution in [3.05, 3.63) is 10.4 Å². The van der Waals surface area contributed by atoms with Crippen LogP contribution in [0.25, 0.3) is 10.4 Å². The van der Waals surface area contributed by atoms with E-state index < -0.39 is 74.6 Å². The molecule has 8 N–H and O–H groups in total. The molecule has 0 aromatic carbocycles. The minimum absolute atomic E-state index is 0.0542. The van der Waals surface area contributed by atoms with E-state index in [1.165, 1.54) is 0 Å². The first-order valence-electron chi connectivity index (χ1n) is 9.14. The largest absolute Gasteiger partial charge is 0.394 e. The molecule has 0 aliphatic carbocycles. The molecule has 168 valence electrons. The van der Waals surface area contributed by atoms with Gasteiger partial charge in [0.2, 0.25) is 0 Å². The summed E-state index contributed by atoms with van der Waals surface area (Å²) in [7, 11) is 0. The van der Waals surface area contributed by atoms with Crippen LogP contribution in [0.1, 0.15) is 6.42 Å². The molecule has 0 radical (unpaired) electrons. The number of hydrogen-bond acceptors (Lipinski definition) is 12. The van der Waals surface area contributed by atoms with Gasteiger partial charge in [0.1, 0.15) is 42.7 Å². The Hall–Kier alpha value is -1.13. The highest BCUT2D eigenvalue weighted by Crippen LogP contribution is 2.29. The van der Waals surface area contributed by atoms with Crippen LogP contribution >= 0.6 is 0 Å². The summed E-state index contributed by atoms with van der Waals surface area (Å²) in [6.45, 7) is -1.01. The Morgan fingerprint density at radius 2 is 1.55 bits per heavy atom. The molecule has 10 atom stereocenters. The number of hydrogen-bond donors (Lipinski definition) is 7. The van der Waals surface area contributed by atoms with Crippen LogP contribution in [0.5, 0.6) is 0 Å². The van der Waals surface area contributed by atoms with Crippen molar-refractivity contribution in [1.82, 2.24) is 0 Å². The average molecular weight is 424 g/mol. The second kappa shape index (κ2) is 11.3. The summed E-state index contributed by atoms with van der Waals surface area (Å²) in [5.74, 6) is 0. The predicted octanol–water partition coefficient (Wildman–Crippen LogP) is -3.71. The highest BCUT2D eigenvalue weighted by Gasteiger charge is 2.50. The van der Waals surface area contributed by atoms with E-state index in [0.29, 0.717) is 6.42 Å². The third-order valence-electron chi connectivity index (χ3n) is 4.79. The molecule has 0 bridgehead atoms. The number of aliphatic hydroxyl groups is 6. The number of ether oxygens (including phenoxy) is 4. The number of nitrogens with zero attached hydrogens (tertiary/aromatic N) is 3. The number of aliphatic hydroxyl groups excluding tert-OH is 6. The Morgan fingerprint density at radius 3 is 2.17 bits per heavy atom. The molecular formula is C15H28N4O10. The van der Waals surface area contributed by atoms with E-state index in [2.05, 4.69) is 10.0 Å². The Morgan fingerprint density at radius 1 is 0.931 bits per heavy atom. The summed E-state index contributed by atoms with van der Waals surface area (Å²) >= 11 is 0. The first-order chi connectivity index (χ1) is 13.8. The molecule has 2 saturated heterocycles. The highest BCUT2D eigenvalue weighted by atomic mass is 16.7. The summed E-state index contributed by atoms with van der Waals surface area (Å²) in [6, 6.07) is -1.24. The molecule has 29 heavy (non-hydrogen) atoms. The molecule has 0 aromatic rings. The van der Waals surface area contributed by atoms with Crippen molar-refractivity contribution in [1.29, 1.82) is 0 Å². The first kappa shape index (κ1) is 24.1. The second-order valence-corrected chi connectivity index (χ2v) is 6.77. The SMILES string of the molecule is [N-]=[N+]=NCCCO[C@H]1O[C@H](CO)[C@H](O)[C@H](O[C@@H]2O[C@H](CO)[C@H](O)[C@H](O)[C@H]2N)[C@H]1O. The van der Waals surface area contributed by atoms with Crippen LogP contribution in [0.15, 0.2) is 5.11 Å². The smallest absolute Gasteiger partial charge is 0.186 e. The zero-order valence-electron chi connectivity index (χ0n) is 15.5. The van der Waals surface area contributed by atoms with Crippen LogP contribution in [0.3, 0.4) is 0 Å². The van der Waals surface area contributed by atoms with Gasteiger partial charge in [-0.05, 0) is 12.0 Å². The molecule has 0 saturated carbocycles. The van der Waals surface area contributed by atoms with Crippen LogP contribution < -0.4 is 5.73 Å². The lowest BCUT2D eigenvalue weighted by atomic mass is 9.96. The van der Waals surface area contributed by atoms with Gasteiger partial charge in [-0.25, -0.2) is 0 Å². The molecule has 0 aromatic heterocycles.